The minimum atomic E-state index is 0.285. The standard InChI is InChI=1S/C11H23N5/c1-9(2)13-11(14-12)16-7-6-15-5-3-4-10(15)8-16/h9-10H,3-8,12H2,1-2H3,(H,13,14). The summed E-state index contributed by atoms with van der Waals surface area (Å²) in [7, 11) is 0. The zero-order chi connectivity index (χ0) is 11.5. The predicted octanol–water partition coefficient (Wildman–Crippen LogP) is -0.00590. The van der Waals surface area contributed by atoms with Gasteiger partial charge in [0.15, 0.2) is 0 Å². The van der Waals surface area contributed by atoms with Gasteiger partial charge in [0.1, 0.15) is 0 Å². The van der Waals surface area contributed by atoms with Crippen molar-refractivity contribution < 1.29 is 0 Å². The van der Waals surface area contributed by atoms with Crippen molar-refractivity contribution in [3.63, 3.8) is 0 Å². The van der Waals surface area contributed by atoms with E-state index in [1.807, 2.05) is 0 Å². The molecule has 2 fully saturated rings. The lowest BCUT2D eigenvalue weighted by atomic mass is 10.1. The molecule has 5 nitrogen and oxygen atoms in total. The molecule has 0 aliphatic carbocycles. The van der Waals surface area contributed by atoms with Crippen molar-refractivity contribution in [2.24, 2.45) is 10.8 Å². The summed E-state index contributed by atoms with van der Waals surface area (Å²) in [6.07, 6.45) is 2.65. The van der Waals surface area contributed by atoms with Crippen LogP contribution in [0, 0.1) is 0 Å². The van der Waals surface area contributed by atoms with Crippen molar-refractivity contribution in [3.05, 3.63) is 0 Å². The van der Waals surface area contributed by atoms with Gasteiger partial charge in [0, 0.05) is 31.7 Å². The highest BCUT2D eigenvalue weighted by molar-refractivity contribution is 5.79. The maximum atomic E-state index is 5.55. The van der Waals surface area contributed by atoms with E-state index in [1.165, 1.54) is 19.4 Å². The Bertz CT molecular complexity index is 263. The third kappa shape index (κ3) is 2.47. The molecule has 2 aliphatic heterocycles. The van der Waals surface area contributed by atoms with E-state index >= 15 is 0 Å². The summed E-state index contributed by atoms with van der Waals surface area (Å²) in [5.41, 5.74) is 2.74. The minimum Gasteiger partial charge on any atom is -0.339 e. The van der Waals surface area contributed by atoms with Gasteiger partial charge in [0.05, 0.1) is 0 Å². The second-order valence-corrected chi connectivity index (χ2v) is 4.97. The highest BCUT2D eigenvalue weighted by atomic mass is 15.4. The largest absolute Gasteiger partial charge is 0.339 e. The van der Waals surface area contributed by atoms with Gasteiger partial charge in [-0.05, 0) is 33.2 Å². The number of nitrogens with one attached hydrogen (secondary N) is 1. The molecule has 2 aliphatic rings. The molecule has 2 rings (SSSR count). The predicted molar refractivity (Wildman–Crippen MR) is 66.1 cm³/mol. The molecule has 0 aromatic carbocycles. The van der Waals surface area contributed by atoms with E-state index in [0.29, 0.717) is 6.04 Å². The van der Waals surface area contributed by atoms with Gasteiger partial charge in [-0.2, -0.15) is 0 Å². The molecule has 0 radical (unpaired) electrons. The third-order valence-electron chi connectivity index (χ3n) is 3.40. The Morgan fingerprint density at radius 3 is 2.88 bits per heavy atom. The first kappa shape index (κ1) is 11.7. The molecule has 92 valence electrons. The summed E-state index contributed by atoms with van der Waals surface area (Å²) in [5.74, 6) is 6.40. The van der Waals surface area contributed by atoms with Crippen LogP contribution in [0.3, 0.4) is 0 Å². The fourth-order valence-electron chi connectivity index (χ4n) is 2.64. The van der Waals surface area contributed by atoms with Gasteiger partial charge in [-0.25, -0.2) is 10.8 Å². The Balaban J connectivity index is 1.99. The van der Waals surface area contributed by atoms with E-state index < -0.39 is 0 Å². The van der Waals surface area contributed by atoms with Crippen LogP contribution in [0.15, 0.2) is 4.99 Å². The molecular formula is C11H23N5. The average molecular weight is 225 g/mol. The number of nitrogens with two attached hydrogens (primary N) is 1. The van der Waals surface area contributed by atoms with Gasteiger partial charge in [0.2, 0.25) is 5.96 Å². The monoisotopic (exact) mass is 225 g/mol. The van der Waals surface area contributed by atoms with Gasteiger partial charge in [-0.15, -0.1) is 0 Å². The van der Waals surface area contributed by atoms with E-state index in [-0.39, 0.29) is 6.04 Å². The molecule has 1 atom stereocenters. The number of hydrogen-bond donors (Lipinski definition) is 2. The number of piperazine rings is 1. The molecule has 5 heteroatoms. The second-order valence-electron chi connectivity index (χ2n) is 4.97. The van der Waals surface area contributed by atoms with E-state index in [4.69, 9.17) is 5.84 Å². The maximum Gasteiger partial charge on any atom is 0.208 e. The smallest absolute Gasteiger partial charge is 0.208 e. The first-order chi connectivity index (χ1) is 7.70. The zero-order valence-electron chi connectivity index (χ0n) is 10.3. The number of guanidine groups is 1. The summed E-state index contributed by atoms with van der Waals surface area (Å²) < 4.78 is 0. The lowest BCUT2D eigenvalue weighted by Crippen LogP contribution is -2.56. The topological polar surface area (TPSA) is 56.9 Å². The second kappa shape index (κ2) is 5.01. The van der Waals surface area contributed by atoms with Gasteiger partial charge >= 0.3 is 0 Å². The van der Waals surface area contributed by atoms with Crippen LogP contribution < -0.4 is 11.3 Å². The van der Waals surface area contributed by atoms with Crippen molar-refractivity contribution in [1.82, 2.24) is 15.2 Å². The summed E-state index contributed by atoms with van der Waals surface area (Å²) in [4.78, 5) is 9.39. The van der Waals surface area contributed by atoms with E-state index in [0.717, 1.165) is 25.6 Å². The Hall–Kier alpha value is -0.810. The molecule has 0 bridgehead atoms. The molecule has 0 spiro atoms. The van der Waals surface area contributed by atoms with Crippen molar-refractivity contribution in [2.45, 2.75) is 38.8 Å². The highest BCUT2D eigenvalue weighted by Gasteiger charge is 2.31. The molecule has 2 heterocycles. The Kier molecular flexibility index (Phi) is 3.66. The zero-order valence-corrected chi connectivity index (χ0v) is 10.3. The molecule has 0 saturated carbocycles. The van der Waals surface area contributed by atoms with Crippen LogP contribution in [0.25, 0.3) is 0 Å². The van der Waals surface area contributed by atoms with Crippen molar-refractivity contribution in [1.29, 1.82) is 0 Å². The van der Waals surface area contributed by atoms with E-state index in [1.54, 1.807) is 0 Å². The van der Waals surface area contributed by atoms with Gasteiger partial charge < -0.3 is 4.90 Å². The van der Waals surface area contributed by atoms with Crippen LogP contribution in [-0.2, 0) is 0 Å². The van der Waals surface area contributed by atoms with Crippen molar-refractivity contribution >= 4 is 5.96 Å². The molecule has 0 amide bonds. The van der Waals surface area contributed by atoms with Crippen LogP contribution in [0.4, 0.5) is 0 Å². The Morgan fingerprint density at radius 1 is 1.38 bits per heavy atom. The summed E-state index contributed by atoms with van der Waals surface area (Å²) >= 11 is 0. The van der Waals surface area contributed by atoms with Crippen molar-refractivity contribution in [3.8, 4) is 0 Å². The number of nitrogens with zero attached hydrogens (tertiary/aromatic N) is 3. The quantitative estimate of drug-likeness (QED) is 0.285. The number of hydrogen-bond acceptors (Lipinski definition) is 3. The summed E-state index contributed by atoms with van der Waals surface area (Å²) in [6.45, 7) is 8.66. The number of fused-ring (bicyclic) bond motifs is 1. The Morgan fingerprint density at radius 2 is 2.19 bits per heavy atom. The van der Waals surface area contributed by atoms with Crippen molar-refractivity contribution in [2.75, 3.05) is 26.2 Å². The highest BCUT2D eigenvalue weighted by Crippen LogP contribution is 2.21. The molecule has 2 saturated heterocycles. The minimum absolute atomic E-state index is 0.285. The number of rotatable bonds is 1. The fraction of sp³-hybridized carbons (Fsp3) is 0.909. The summed E-state index contributed by atoms with van der Waals surface area (Å²) in [5, 5.41) is 0. The molecule has 16 heavy (non-hydrogen) atoms. The van der Waals surface area contributed by atoms with Crippen LogP contribution in [0.5, 0.6) is 0 Å². The van der Waals surface area contributed by atoms with E-state index in [2.05, 4.69) is 34.1 Å². The van der Waals surface area contributed by atoms with Crippen LogP contribution in [0.1, 0.15) is 26.7 Å². The number of aliphatic imine (C=N–C) groups is 1. The summed E-state index contributed by atoms with van der Waals surface area (Å²) in [6, 6.07) is 0.993. The Labute approximate surface area is 97.7 Å². The first-order valence-corrected chi connectivity index (χ1v) is 6.24. The van der Waals surface area contributed by atoms with Gasteiger partial charge in [-0.1, -0.05) is 0 Å². The van der Waals surface area contributed by atoms with E-state index in [9.17, 15) is 0 Å². The lowest BCUT2D eigenvalue weighted by Gasteiger charge is -2.38. The molecular weight excluding hydrogens is 202 g/mol. The first-order valence-electron chi connectivity index (χ1n) is 6.24. The molecule has 0 aromatic rings. The normalized spacial score (nSPS) is 27.4. The van der Waals surface area contributed by atoms with Crippen LogP contribution in [0.2, 0.25) is 0 Å². The SMILES string of the molecule is CC(C)N=C(NN)N1CCN2CCCC2C1. The third-order valence-corrected chi connectivity index (χ3v) is 3.40. The molecule has 3 N–H and O–H groups in total. The van der Waals surface area contributed by atoms with Crippen LogP contribution in [-0.4, -0.2) is 54.0 Å². The molecule has 1 unspecified atom stereocenters. The maximum absolute atomic E-state index is 5.55. The van der Waals surface area contributed by atoms with Gasteiger partial charge in [0.25, 0.3) is 0 Å². The molecule has 0 aromatic heterocycles. The average Bonchev–Trinajstić information content (AvgIpc) is 2.72. The lowest BCUT2D eigenvalue weighted by molar-refractivity contribution is 0.148. The van der Waals surface area contributed by atoms with Crippen LogP contribution >= 0.6 is 0 Å². The van der Waals surface area contributed by atoms with Gasteiger partial charge in [-0.3, -0.25) is 10.3 Å². The number of hydrazine groups is 1. The fourth-order valence-corrected chi connectivity index (χ4v) is 2.64.